The van der Waals surface area contributed by atoms with Crippen LogP contribution in [0.4, 0.5) is 0 Å². The summed E-state index contributed by atoms with van der Waals surface area (Å²) in [5.74, 6) is 0. The Kier molecular flexibility index (Phi) is 6.07. The Morgan fingerprint density at radius 2 is 1.76 bits per heavy atom. The number of benzene rings is 2. The van der Waals surface area contributed by atoms with E-state index in [0.717, 1.165) is 11.1 Å². The first-order valence-electron chi connectivity index (χ1n) is 6.90. The van der Waals surface area contributed by atoms with E-state index in [1.807, 2.05) is 43.3 Å². The van der Waals surface area contributed by atoms with Crippen molar-refractivity contribution in [3.8, 4) is 0 Å². The Hall–Kier alpha value is -1.06. The zero-order valence-electron chi connectivity index (χ0n) is 11.8. The van der Waals surface area contributed by atoms with E-state index in [-0.39, 0.29) is 6.10 Å². The average molecular weight is 325 g/mol. The second-order valence-corrected chi connectivity index (χ2v) is 5.62. The highest BCUT2D eigenvalue weighted by molar-refractivity contribution is 6.42. The van der Waals surface area contributed by atoms with E-state index in [0.29, 0.717) is 23.1 Å². The van der Waals surface area contributed by atoms with Gasteiger partial charge in [-0.25, -0.2) is 0 Å². The number of hydrogen-bond acceptors (Lipinski definition) is 2. The number of aliphatic hydroxyl groups is 1. The Morgan fingerprint density at radius 1 is 1.05 bits per heavy atom. The van der Waals surface area contributed by atoms with Crippen molar-refractivity contribution in [3.63, 3.8) is 0 Å². The molecule has 0 fully saturated rings. The number of aliphatic hydroxyl groups excluding tert-OH is 1. The molecule has 112 valence electrons. The molecule has 2 atom stereocenters. The van der Waals surface area contributed by atoms with Gasteiger partial charge in [-0.3, -0.25) is 0 Å². The van der Waals surface area contributed by atoms with Crippen LogP contribution in [0, 0.1) is 0 Å². The summed E-state index contributed by atoms with van der Waals surface area (Å²) >= 11 is 11.9. The van der Waals surface area contributed by atoms with Gasteiger partial charge in [-0.15, -0.1) is 0 Å². The SMILES string of the molecule is CCOC(c1ccccc1)C(O)Cc1ccc(Cl)c(Cl)c1. The van der Waals surface area contributed by atoms with Crippen molar-refractivity contribution in [3.05, 3.63) is 69.7 Å². The molecule has 0 saturated heterocycles. The first kappa shape index (κ1) is 16.3. The molecule has 21 heavy (non-hydrogen) atoms. The number of rotatable bonds is 6. The third-order valence-electron chi connectivity index (χ3n) is 3.25. The predicted octanol–water partition coefficient (Wildman–Crippen LogP) is 4.67. The van der Waals surface area contributed by atoms with Crippen molar-refractivity contribution in [1.82, 2.24) is 0 Å². The second-order valence-electron chi connectivity index (χ2n) is 4.81. The molecule has 0 saturated carbocycles. The van der Waals surface area contributed by atoms with Crippen LogP contribution in [0.1, 0.15) is 24.2 Å². The minimum Gasteiger partial charge on any atom is -0.390 e. The topological polar surface area (TPSA) is 29.5 Å². The Labute approximate surface area is 135 Å². The minimum absolute atomic E-state index is 0.356. The van der Waals surface area contributed by atoms with Gasteiger partial charge in [0.2, 0.25) is 0 Å². The molecule has 4 heteroatoms. The van der Waals surface area contributed by atoms with Crippen LogP contribution in [0.3, 0.4) is 0 Å². The van der Waals surface area contributed by atoms with E-state index in [2.05, 4.69) is 0 Å². The fourth-order valence-electron chi connectivity index (χ4n) is 2.27. The van der Waals surface area contributed by atoms with Gasteiger partial charge in [0.15, 0.2) is 0 Å². The average Bonchev–Trinajstić information content (AvgIpc) is 2.49. The predicted molar refractivity (Wildman–Crippen MR) is 87.0 cm³/mol. The molecule has 2 rings (SSSR count). The van der Waals surface area contributed by atoms with Crippen LogP contribution in [0.5, 0.6) is 0 Å². The largest absolute Gasteiger partial charge is 0.390 e. The van der Waals surface area contributed by atoms with Crippen molar-refractivity contribution < 1.29 is 9.84 Å². The lowest BCUT2D eigenvalue weighted by Crippen LogP contribution is -2.23. The van der Waals surface area contributed by atoms with E-state index < -0.39 is 6.10 Å². The van der Waals surface area contributed by atoms with Gasteiger partial charge in [-0.05, 0) is 30.2 Å². The highest BCUT2D eigenvalue weighted by atomic mass is 35.5. The number of ether oxygens (including phenoxy) is 1. The van der Waals surface area contributed by atoms with Gasteiger partial charge in [0.25, 0.3) is 0 Å². The van der Waals surface area contributed by atoms with Crippen molar-refractivity contribution in [2.24, 2.45) is 0 Å². The minimum atomic E-state index is -0.649. The van der Waals surface area contributed by atoms with Crippen LogP contribution in [-0.2, 0) is 11.2 Å². The van der Waals surface area contributed by atoms with Crippen LogP contribution < -0.4 is 0 Å². The van der Waals surface area contributed by atoms with Gasteiger partial charge in [-0.2, -0.15) is 0 Å². The molecule has 0 heterocycles. The molecule has 2 unspecified atom stereocenters. The fourth-order valence-corrected chi connectivity index (χ4v) is 2.59. The van der Waals surface area contributed by atoms with Crippen molar-refractivity contribution >= 4 is 23.2 Å². The van der Waals surface area contributed by atoms with Gasteiger partial charge in [0.1, 0.15) is 6.10 Å². The van der Waals surface area contributed by atoms with Gasteiger partial charge < -0.3 is 9.84 Å². The molecule has 2 aromatic rings. The van der Waals surface area contributed by atoms with Crippen molar-refractivity contribution in [2.45, 2.75) is 25.6 Å². The van der Waals surface area contributed by atoms with E-state index in [9.17, 15) is 5.11 Å². The summed E-state index contributed by atoms with van der Waals surface area (Å²) in [5.41, 5.74) is 1.89. The summed E-state index contributed by atoms with van der Waals surface area (Å²) in [6.45, 7) is 2.46. The first-order valence-corrected chi connectivity index (χ1v) is 7.66. The number of hydrogen-bond donors (Lipinski definition) is 1. The smallest absolute Gasteiger partial charge is 0.109 e. The summed E-state index contributed by atoms with van der Waals surface area (Å²) in [4.78, 5) is 0. The van der Waals surface area contributed by atoms with Gasteiger partial charge in [0, 0.05) is 13.0 Å². The van der Waals surface area contributed by atoms with E-state index >= 15 is 0 Å². The summed E-state index contributed by atoms with van der Waals surface area (Å²) in [6, 6.07) is 15.1. The highest BCUT2D eigenvalue weighted by Gasteiger charge is 2.22. The molecule has 0 bridgehead atoms. The molecule has 0 amide bonds. The molecule has 0 spiro atoms. The third-order valence-corrected chi connectivity index (χ3v) is 3.99. The summed E-state index contributed by atoms with van der Waals surface area (Å²) in [7, 11) is 0. The lowest BCUT2D eigenvalue weighted by Gasteiger charge is -2.23. The van der Waals surface area contributed by atoms with E-state index in [4.69, 9.17) is 27.9 Å². The molecule has 2 aromatic carbocycles. The number of halogens is 2. The Morgan fingerprint density at radius 3 is 2.38 bits per heavy atom. The molecule has 0 aliphatic carbocycles. The molecule has 0 aliphatic heterocycles. The van der Waals surface area contributed by atoms with Crippen molar-refractivity contribution in [2.75, 3.05) is 6.61 Å². The maximum absolute atomic E-state index is 10.5. The summed E-state index contributed by atoms with van der Waals surface area (Å²) in [5, 5.41) is 11.5. The molecule has 0 radical (unpaired) electrons. The first-order chi connectivity index (χ1) is 10.1. The second kappa shape index (κ2) is 7.81. The quantitative estimate of drug-likeness (QED) is 0.836. The molecule has 1 N–H and O–H groups in total. The Bertz CT molecular complexity index is 572. The van der Waals surface area contributed by atoms with E-state index in [1.165, 1.54) is 0 Å². The monoisotopic (exact) mass is 324 g/mol. The molecular formula is C17H18Cl2O2. The maximum atomic E-state index is 10.5. The van der Waals surface area contributed by atoms with Gasteiger partial charge in [0.05, 0.1) is 16.1 Å². The van der Waals surface area contributed by atoms with Gasteiger partial charge in [-0.1, -0.05) is 59.6 Å². The van der Waals surface area contributed by atoms with Gasteiger partial charge >= 0.3 is 0 Å². The lowest BCUT2D eigenvalue weighted by molar-refractivity contribution is -0.0339. The van der Waals surface area contributed by atoms with Crippen LogP contribution >= 0.6 is 23.2 Å². The fraction of sp³-hybridized carbons (Fsp3) is 0.294. The lowest BCUT2D eigenvalue weighted by atomic mass is 9.98. The van der Waals surface area contributed by atoms with E-state index in [1.54, 1.807) is 12.1 Å². The van der Waals surface area contributed by atoms with Crippen LogP contribution in [0.15, 0.2) is 48.5 Å². The molecule has 2 nitrogen and oxygen atoms in total. The molecule has 0 aliphatic rings. The highest BCUT2D eigenvalue weighted by Crippen LogP contribution is 2.27. The zero-order valence-corrected chi connectivity index (χ0v) is 13.3. The standard InChI is InChI=1S/C17H18Cl2O2/c1-2-21-17(13-6-4-3-5-7-13)16(20)11-12-8-9-14(18)15(19)10-12/h3-10,16-17,20H,2,11H2,1H3. The van der Waals surface area contributed by atoms with Crippen LogP contribution in [0.25, 0.3) is 0 Å². The van der Waals surface area contributed by atoms with Crippen molar-refractivity contribution in [1.29, 1.82) is 0 Å². The molecule has 0 aromatic heterocycles. The van der Waals surface area contributed by atoms with Crippen LogP contribution in [-0.4, -0.2) is 17.8 Å². The Balaban J connectivity index is 2.15. The third kappa shape index (κ3) is 4.45. The maximum Gasteiger partial charge on any atom is 0.109 e. The van der Waals surface area contributed by atoms with Crippen LogP contribution in [0.2, 0.25) is 10.0 Å². The zero-order chi connectivity index (χ0) is 15.2. The normalized spacial score (nSPS) is 13.9. The molecular weight excluding hydrogens is 307 g/mol. The summed E-state index contributed by atoms with van der Waals surface area (Å²) < 4.78 is 5.71. The summed E-state index contributed by atoms with van der Waals surface area (Å²) in [6.07, 6.45) is -0.550.